The van der Waals surface area contributed by atoms with E-state index in [1.807, 2.05) is 122 Å². The number of morpholine rings is 1. The summed E-state index contributed by atoms with van der Waals surface area (Å²) in [5.41, 5.74) is 20.2. The van der Waals surface area contributed by atoms with Crippen LogP contribution in [0.5, 0.6) is 0 Å². The first-order valence-corrected chi connectivity index (χ1v) is 40.9. The quantitative estimate of drug-likeness (QED) is 0.0434. The molecule has 16 aromatic rings. The fraction of sp³-hybridized carbons (Fsp3) is 0.156. The van der Waals surface area contributed by atoms with E-state index in [9.17, 15) is 24.0 Å². The fourth-order valence-corrected chi connectivity index (χ4v) is 14.9. The smallest absolute Gasteiger partial charge is 0.321 e. The Morgan fingerprint density at radius 3 is 0.882 bits per heavy atom. The number of ether oxygens (including phenoxy) is 1. The summed E-state index contributed by atoms with van der Waals surface area (Å²) >= 11 is 0. The molecule has 0 aliphatic carbocycles. The Labute approximate surface area is 727 Å². The summed E-state index contributed by atoms with van der Waals surface area (Å²) < 4.78 is 5.44. The van der Waals surface area contributed by atoms with Crippen LogP contribution in [0, 0.1) is 45.3 Å². The summed E-state index contributed by atoms with van der Waals surface area (Å²) in [4.78, 5) is 89.3. The number of rotatable bonds is 16. The standard InChI is InChI=1S/C25H22N6O.C24H20N6O2.C24H20N6O.C23H19N7O2/c26-14-17-4-7-20(8-5-17)28-25(32)24-22-13-18(6-9-23(22)29-30-24)19-12-21(16-27-15-19)31-10-2-1-3-11-31;25-13-16-1-4-19(5-2-16)27-24(31)23-21-12-17(3-6-22(21)28-29-23)18-11-20(15-26-14-18)30-7-9-32-10-8-30;25-13-16-3-6-19(7-4-16)27-24(31)23-21-12-17(5-8-22(21)28-29-23)18-11-20(15-26-14-18)30-9-1-2-10-30;1-30(2)23(32)27-18-9-16(12-25-13-18)15-5-8-20-19(10-15)21(29-28-20)22(31)26-17-6-3-14(11-24)4-7-17/h4-9,12-13,15-16H,1-3,10-11H2,(H,28,32)(H,29,30);1-6,11-12,14-15H,7-10H2,(H,27,31)(H,28,29);3-8,11-12,14-15H,1-2,9-10H2,(H,27,31)(H,28,29);3-10,12-13H,1-2H3,(H,26,31)(H,27,32)(H,28,29). The highest BCUT2D eigenvalue weighted by Crippen LogP contribution is 2.35. The Kier molecular flexibility index (Phi) is 25.4. The molecule has 0 atom stereocenters. The molecule has 3 aliphatic rings. The predicted octanol–water partition coefficient (Wildman–Crippen LogP) is 16.5. The van der Waals surface area contributed by atoms with E-state index in [1.54, 1.807) is 124 Å². The average Bonchev–Trinajstić information content (AvgIpc) is 1.67. The summed E-state index contributed by atoms with van der Waals surface area (Å²) in [6.07, 6.45) is 20.6. The zero-order chi connectivity index (χ0) is 87.7. The Bertz CT molecular complexity index is 6730. The van der Waals surface area contributed by atoms with E-state index in [-0.39, 0.29) is 35.4 Å². The number of carbonyl (C=O) groups excluding carboxylic acids is 5. The van der Waals surface area contributed by atoms with Gasteiger partial charge in [-0.3, -0.25) is 59.5 Å². The van der Waals surface area contributed by atoms with E-state index < -0.39 is 0 Å². The molecule has 127 heavy (non-hydrogen) atoms. The van der Waals surface area contributed by atoms with Gasteiger partial charge in [-0.1, -0.05) is 24.3 Å². The number of anilines is 8. The van der Waals surface area contributed by atoms with Gasteiger partial charge in [-0.25, -0.2) is 4.79 Å². The van der Waals surface area contributed by atoms with Crippen LogP contribution in [0.15, 0.2) is 244 Å². The lowest BCUT2D eigenvalue weighted by Crippen LogP contribution is -2.36. The molecule has 31 nitrogen and oxygen atoms in total. The molecule has 6 amide bonds. The molecule has 3 fully saturated rings. The van der Waals surface area contributed by atoms with Crippen LogP contribution in [0.3, 0.4) is 0 Å². The van der Waals surface area contributed by atoms with Gasteiger partial charge in [0, 0.05) is 145 Å². The molecule has 9 N–H and O–H groups in total. The molecule has 11 heterocycles. The van der Waals surface area contributed by atoms with Crippen molar-refractivity contribution in [2.75, 3.05) is 108 Å². The first-order valence-electron chi connectivity index (χ1n) is 40.9. The normalized spacial score (nSPS) is 12.8. The van der Waals surface area contributed by atoms with Gasteiger partial charge in [0.05, 0.1) is 129 Å². The van der Waals surface area contributed by atoms with E-state index in [2.05, 4.69) is 138 Å². The van der Waals surface area contributed by atoms with Crippen LogP contribution in [0.1, 0.15) is 96.3 Å². The zero-order valence-electron chi connectivity index (χ0n) is 68.9. The number of benzene rings is 8. The van der Waals surface area contributed by atoms with Crippen molar-refractivity contribution < 1.29 is 28.7 Å². The minimum Gasteiger partial charge on any atom is -0.378 e. The number of amides is 6. The highest BCUT2D eigenvalue weighted by molar-refractivity contribution is 6.15. The summed E-state index contributed by atoms with van der Waals surface area (Å²) in [6.45, 7) is 7.34. The van der Waals surface area contributed by atoms with Crippen LogP contribution in [0.2, 0.25) is 0 Å². The molecule has 31 heteroatoms. The number of nitriles is 4. The third-order valence-electron chi connectivity index (χ3n) is 21.7. The van der Waals surface area contributed by atoms with Crippen molar-refractivity contribution in [1.29, 1.82) is 21.0 Å². The number of hydrogen-bond donors (Lipinski definition) is 9. The van der Waals surface area contributed by atoms with Gasteiger partial charge in [0.2, 0.25) is 0 Å². The Hall–Kier alpha value is -17.3. The first-order chi connectivity index (χ1) is 62.1. The second-order valence-corrected chi connectivity index (χ2v) is 30.3. The highest BCUT2D eigenvalue weighted by Gasteiger charge is 2.24. The molecular formula is C96H81N25O6. The number of fused-ring (bicyclic) bond motifs is 4. The van der Waals surface area contributed by atoms with Gasteiger partial charge in [-0.2, -0.15) is 41.4 Å². The van der Waals surface area contributed by atoms with E-state index in [4.69, 9.17) is 25.8 Å². The van der Waals surface area contributed by atoms with Gasteiger partial charge in [-0.05, 0) is 224 Å². The molecule has 0 spiro atoms. The minimum absolute atomic E-state index is 0.247. The summed E-state index contributed by atoms with van der Waals surface area (Å²) in [5, 5.41) is 81.2. The molecule has 0 saturated carbocycles. The molecule has 0 bridgehead atoms. The van der Waals surface area contributed by atoms with Crippen LogP contribution in [0.25, 0.3) is 88.1 Å². The van der Waals surface area contributed by atoms with Gasteiger partial charge in [-0.15, -0.1) is 0 Å². The number of piperidine rings is 1. The fourth-order valence-electron chi connectivity index (χ4n) is 14.9. The van der Waals surface area contributed by atoms with Crippen LogP contribution >= 0.6 is 0 Å². The third kappa shape index (κ3) is 19.9. The van der Waals surface area contributed by atoms with Crippen LogP contribution in [0.4, 0.5) is 50.3 Å². The molecule has 3 saturated heterocycles. The van der Waals surface area contributed by atoms with Crippen molar-refractivity contribution in [1.82, 2.24) is 65.6 Å². The highest BCUT2D eigenvalue weighted by atomic mass is 16.5. The third-order valence-corrected chi connectivity index (χ3v) is 21.7. The van der Waals surface area contributed by atoms with Gasteiger partial charge in [0.1, 0.15) is 0 Å². The predicted molar refractivity (Wildman–Crippen MR) is 487 cm³/mol. The summed E-state index contributed by atoms with van der Waals surface area (Å²) in [7, 11) is 3.31. The average molecular weight is 1680 g/mol. The van der Waals surface area contributed by atoms with E-state index in [0.29, 0.717) is 91.9 Å². The maximum absolute atomic E-state index is 12.9. The molecular weight excluding hydrogens is 1600 g/mol. The lowest BCUT2D eigenvalue weighted by atomic mass is 10.0. The number of aromatic amines is 4. The number of carbonyl (C=O) groups is 5. The van der Waals surface area contributed by atoms with Crippen molar-refractivity contribution >= 4 is 119 Å². The van der Waals surface area contributed by atoms with Crippen molar-refractivity contribution in [2.45, 2.75) is 32.1 Å². The summed E-state index contributed by atoms with van der Waals surface area (Å²) in [6, 6.07) is 66.2. The molecule has 19 rings (SSSR count). The molecule has 3 aliphatic heterocycles. The van der Waals surface area contributed by atoms with E-state index in [0.717, 1.165) is 134 Å². The minimum atomic E-state index is -0.372. The van der Waals surface area contributed by atoms with Gasteiger partial charge in [0.25, 0.3) is 23.6 Å². The van der Waals surface area contributed by atoms with Gasteiger partial charge < -0.3 is 50.9 Å². The number of pyridine rings is 4. The number of hydrogen-bond acceptors (Lipinski definition) is 21. The van der Waals surface area contributed by atoms with Gasteiger partial charge in [0.15, 0.2) is 22.8 Å². The maximum atomic E-state index is 12.9. The molecule has 8 aromatic carbocycles. The number of urea groups is 1. The van der Waals surface area contributed by atoms with Crippen molar-refractivity contribution in [2.24, 2.45) is 0 Å². The number of nitrogens with zero attached hydrogens (tertiary/aromatic N) is 16. The van der Waals surface area contributed by atoms with Crippen molar-refractivity contribution in [3.05, 3.63) is 289 Å². The molecule has 0 radical (unpaired) electrons. The van der Waals surface area contributed by atoms with Crippen LogP contribution in [-0.2, 0) is 4.74 Å². The second kappa shape index (κ2) is 38.6. The molecule has 626 valence electrons. The SMILES string of the molecule is CN(C)C(=O)Nc1cncc(-c2ccc3[nH]nc(C(=O)Nc4ccc(C#N)cc4)c3c2)c1.N#Cc1ccc(NC(=O)c2n[nH]c3ccc(-c4cncc(N5CCCC5)c4)cc23)cc1.N#Cc1ccc(NC(=O)c2n[nH]c3ccc(-c4cncc(N5CCCCC5)c4)cc23)cc1.N#Cc1ccc(NC(=O)c2n[nH]c3ccc(-c4cncc(N5CCOCC5)c4)cc23)cc1. The second-order valence-electron chi connectivity index (χ2n) is 30.3. The zero-order valence-corrected chi connectivity index (χ0v) is 68.9. The van der Waals surface area contributed by atoms with Crippen molar-refractivity contribution in [3.63, 3.8) is 0 Å². The number of nitrogens with one attached hydrogen (secondary N) is 9. The monoisotopic (exact) mass is 1680 g/mol. The van der Waals surface area contributed by atoms with Crippen molar-refractivity contribution in [3.8, 4) is 68.8 Å². The molecule has 8 aromatic heterocycles. The topological polar surface area (TPSA) is 429 Å². The van der Waals surface area contributed by atoms with E-state index >= 15 is 0 Å². The largest absolute Gasteiger partial charge is 0.378 e. The van der Waals surface area contributed by atoms with Gasteiger partial charge >= 0.3 is 6.03 Å². The first kappa shape index (κ1) is 83.4. The van der Waals surface area contributed by atoms with Crippen LogP contribution in [-0.4, -0.2) is 162 Å². The lowest BCUT2D eigenvalue weighted by molar-refractivity contribution is 0.101. The molecule has 0 unspecified atom stereocenters. The van der Waals surface area contributed by atoms with E-state index in [1.165, 1.54) is 37.0 Å². The Balaban J connectivity index is 0.000000125. The Morgan fingerprint density at radius 1 is 0.315 bits per heavy atom. The number of H-pyrrole nitrogens is 4. The number of aromatic nitrogens is 12. The maximum Gasteiger partial charge on any atom is 0.321 e. The summed E-state index contributed by atoms with van der Waals surface area (Å²) in [5.74, 6) is -1.31. The lowest BCUT2D eigenvalue weighted by Gasteiger charge is -2.28. The Morgan fingerprint density at radius 2 is 0.591 bits per heavy atom. The van der Waals surface area contributed by atoms with Crippen LogP contribution < -0.4 is 41.3 Å².